The standard InChI is InChI=1S/C20H27NSi2/c1-7-17-11-9-13-19(15-17)22(3,4)21-23(5,6)20-14-10-12-18(8-2)16-20/h7-16,21H,1-2H2,3-6H3. The van der Waals surface area contributed by atoms with Crippen molar-refractivity contribution in [3.63, 3.8) is 0 Å². The number of benzene rings is 2. The van der Waals surface area contributed by atoms with Gasteiger partial charge in [-0.1, -0.05) is 100 Å². The molecule has 0 saturated heterocycles. The van der Waals surface area contributed by atoms with Gasteiger partial charge in [0.1, 0.15) is 16.5 Å². The third-order valence-corrected chi connectivity index (χ3v) is 12.8. The molecule has 0 heterocycles. The van der Waals surface area contributed by atoms with Gasteiger partial charge in [0.2, 0.25) is 0 Å². The zero-order valence-corrected chi connectivity index (χ0v) is 16.7. The monoisotopic (exact) mass is 337 g/mol. The molecule has 2 rings (SSSR count). The number of rotatable bonds is 6. The van der Waals surface area contributed by atoms with Crippen LogP contribution < -0.4 is 15.0 Å². The van der Waals surface area contributed by atoms with Gasteiger partial charge < -0.3 is 4.65 Å². The molecule has 0 radical (unpaired) electrons. The van der Waals surface area contributed by atoms with E-state index < -0.39 is 16.5 Å². The van der Waals surface area contributed by atoms with Crippen LogP contribution in [0, 0.1) is 0 Å². The lowest BCUT2D eigenvalue weighted by Gasteiger charge is -2.35. The summed E-state index contributed by atoms with van der Waals surface area (Å²) < 4.78 is 4.08. The molecule has 2 aromatic rings. The largest absolute Gasteiger partial charge is 0.353 e. The van der Waals surface area contributed by atoms with Gasteiger partial charge >= 0.3 is 0 Å². The van der Waals surface area contributed by atoms with Crippen molar-refractivity contribution < 1.29 is 0 Å². The van der Waals surface area contributed by atoms with Crippen molar-refractivity contribution in [2.45, 2.75) is 26.2 Å². The van der Waals surface area contributed by atoms with E-state index in [0.717, 1.165) is 0 Å². The van der Waals surface area contributed by atoms with Crippen molar-refractivity contribution in [2.24, 2.45) is 0 Å². The van der Waals surface area contributed by atoms with Crippen LogP contribution in [0.15, 0.2) is 61.7 Å². The Morgan fingerprint density at radius 2 is 1.13 bits per heavy atom. The molecule has 120 valence electrons. The minimum atomic E-state index is -1.73. The van der Waals surface area contributed by atoms with Crippen LogP contribution in [0.1, 0.15) is 11.1 Å². The van der Waals surface area contributed by atoms with Crippen molar-refractivity contribution in [1.82, 2.24) is 4.65 Å². The maximum atomic E-state index is 4.08. The Kier molecular flexibility index (Phi) is 5.24. The zero-order chi connectivity index (χ0) is 17.1. The highest BCUT2D eigenvalue weighted by atomic mass is 28.4. The number of hydrogen-bond donors (Lipinski definition) is 1. The predicted molar refractivity (Wildman–Crippen MR) is 110 cm³/mol. The molecule has 0 aromatic heterocycles. The quantitative estimate of drug-likeness (QED) is 0.783. The molecule has 0 atom stereocenters. The summed E-state index contributed by atoms with van der Waals surface area (Å²) in [5, 5.41) is 2.85. The normalized spacial score (nSPS) is 12.0. The molecule has 0 bridgehead atoms. The first kappa shape index (κ1) is 17.7. The highest BCUT2D eigenvalue weighted by molar-refractivity contribution is 7.02. The maximum Gasteiger partial charge on any atom is 0.145 e. The molecule has 23 heavy (non-hydrogen) atoms. The van der Waals surface area contributed by atoms with Crippen LogP contribution in [0.25, 0.3) is 12.2 Å². The highest BCUT2D eigenvalue weighted by Crippen LogP contribution is 2.10. The Hall–Kier alpha value is -1.69. The third-order valence-electron chi connectivity index (χ3n) is 4.31. The molecule has 3 heteroatoms. The van der Waals surface area contributed by atoms with E-state index in [1.165, 1.54) is 21.5 Å². The minimum absolute atomic E-state index is 1.19. The van der Waals surface area contributed by atoms with E-state index in [2.05, 4.69) is 92.5 Å². The summed E-state index contributed by atoms with van der Waals surface area (Å²) in [5.74, 6) is 0. The smallest absolute Gasteiger partial charge is 0.145 e. The molecule has 0 saturated carbocycles. The summed E-state index contributed by atoms with van der Waals surface area (Å²) in [6.45, 7) is 17.3. The number of hydrogen-bond acceptors (Lipinski definition) is 1. The molecular weight excluding hydrogens is 310 g/mol. The first-order valence-corrected chi connectivity index (χ1v) is 14.0. The van der Waals surface area contributed by atoms with E-state index in [1.54, 1.807) is 0 Å². The molecule has 1 nitrogen and oxygen atoms in total. The van der Waals surface area contributed by atoms with Gasteiger partial charge in [0.15, 0.2) is 0 Å². The van der Waals surface area contributed by atoms with Crippen molar-refractivity contribution in [1.29, 1.82) is 0 Å². The van der Waals surface area contributed by atoms with Gasteiger partial charge in [0, 0.05) is 0 Å². The molecule has 0 aliphatic rings. The Morgan fingerprint density at radius 1 is 0.739 bits per heavy atom. The molecule has 0 aliphatic carbocycles. The van der Waals surface area contributed by atoms with Gasteiger partial charge in [0.25, 0.3) is 0 Å². The molecule has 0 aliphatic heterocycles. The molecule has 0 amide bonds. The van der Waals surface area contributed by atoms with Crippen LogP contribution in [-0.2, 0) is 0 Å². The van der Waals surface area contributed by atoms with Crippen molar-refractivity contribution >= 4 is 39.0 Å². The van der Waals surface area contributed by atoms with Crippen LogP contribution in [-0.4, -0.2) is 16.5 Å². The minimum Gasteiger partial charge on any atom is -0.353 e. The van der Waals surface area contributed by atoms with E-state index in [4.69, 9.17) is 0 Å². The van der Waals surface area contributed by atoms with Gasteiger partial charge in [-0.15, -0.1) is 0 Å². The van der Waals surface area contributed by atoms with Crippen molar-refractivity contribution in [2.75, 3.05) is 0 Å². The molecular formula is C20H27NSi2. The van der Waals surface area contributed by atoms with Gasteiger partial charge in [-0.2, -0.15) is 0 Å². The number of nitrogens with one attached hydrogen (secondary N) is 1. The summed E-state index contributed by atoms with van der Waals surface area (Å²) in [5.41, 5.74) is 2.39. The summed E-state index contributed by atoms with van der Waals surface area (Å²) in [6, 6.07) is 17.5. The second-order valence-electron chi connectivity index (χ2n) is 7.03. The SMILES string of the molecule is C=Cc1cccc([Si](C)(C)N[Si](C)(C)c2cccc(C=C)c2)c1. The first-order chi connectivity index (χ1) is 10.8. The van der Waals surface area contributed by atoms with Crippen molar-refractivity contribution in [3.8, 4) is 0 Å². The lowest BCUT2D eigenvalue weighted by Crippen LogP contribution is -2.69. The lowest BCUT2D eigenvalue weighted by atomic mass is 10.2. The fourth-order valence-corrected chi connectivity index (χ4v) is 12.5. The predicted octanol–water partition coefficient (Wildman–Crippen LogP) is 4.09. The average Bonchev–Trinajstić information content (AvgIpc) is 2.54. The van der Waals surface area contributed by atoms with Gasteiger partial charge in [0.05, 0.1) is 0 Å². The van der Waals surface area contributed by atoms with Gasteiger partial charge in [-0.05, 0) is 21.5 Å². The highest BCUT2D eigenvalue weighted by Gasteiger charge is 2.34. The van der Waals surface area contributed by atoms with E-state index >= 15 is 0 Å². The second-order valence-corrected chi connectivity index (χ2v) is 15.7. The van der Waals surface area contributed by atoms with Crippen molar-refractivity contribution in [3.05, 3.63) is 72.8 Å². The fourth-order valence-electron chi connectivity index (χ4n) is 3.03. The van der Waals surface area contributed by atoms with Crippen LogP contribution in [0.4, 0.5) is 0 Å². The summed E-state index contributed by atoms with van der Waals surface area (Å²) >= 11 is 0. The van der Waals surface area contributed by atoms with Crippen LogP contribution in [0.2, 0.25) is 26.2 Å². The van der Waals surface area contributed by atoms with Crippen LogP contribution in [0.3, 0.4) is 0 Å². The maximum absolute atomic E-state index is 4.08. The topological polar surface area (TPSA) is 12.0 Å². The average molecular weight is 338 g/mol. The molecule has 0 spiro atoms. The molecule has 0 fully saturated rings. The Morgan fingerprint density at radius 3 is 1.48 bits per heavy atom. The van der Waals surface area contributed by atoms with Gasteiger partial charge in [-0.3, -0.25) is 0 Å². The summed E-state index contributed by atoms with van der Waals surface area (Å²) in [4.78, 5) is 0. The molecule has 1 N–H and O–H groups in total. The van der Waals surface area contributed by atoms with Crippen LogP contribution in [0.5, 0.6) is 0 Å². The zero-order valence-electron chi connectivity index (χ0n) is 14.7. The van der Waals surface area contributed by atoms with E-state index in [-0.39, 0.29) is 0 Å². The fraction of sp³-hybridized carbons (Fsp3) is 0.200. The Labute approximate surface area is 143 Å². The first-order valence-electron chi connectivity index (χ1n) is 8.04. The molecule has 2 aromatic carbocycles. The van der Waals surface area contributed by atoms with Gasteiger partial charge in [-0.25, -0.2) is 0 Å². The van der Waals surface area contributed by atoms with E-state index in [9.17, 15) is 0 Å². The Bertz CT molecular complexity index is 656. The van der Waals surface area contributed by atoms with E-state index in [1.807, 2.05) is 12.2 Å². The second kappa shape index (κ2) is 6.83. The third kappa shape index (κ3) is 4.19. The summed E-state index contributed by atoms with van der Waals surface area (Å²) in [7, 11) is -3.47. The Balaban J connectivity index is 2.33. The van der Waals surface area contributed by atoms with E-state index in [0.29, 0.717) is 0 Å². The lowest BCUT2D eigenvalue weighted by molar-refractivity contribution is 1.34. The molecule has 0 unspecified atom stereocenters. The summed E-state index contributed by atoms with van der Waals surface area (Å²) in [6.07, 6.45) is 3.84. The van der Waals surface area contributed by atoms with Crippen LogP contribution >= 0.6 is 0 Å².